The van der Waals surface area contributed by atoms with Crippen molar-refractivity contribution in [2.75, 3.05) is 5.32 Å². The van der Waals surface area contributed by atoms with Crippen LogP contribution < -0.4 is 5.32 Å². The summed E-state index contributed by atoms with van der Waals surface area (Å²) in [7, 11) is 0. The van der Waals surface area contributed by atoms with Crippen molar-refractivity contribution in [2.24, 2.45) is 0 Å². The van der Waals surface area contributed by atoms with E-state index in [4.69, 9.17) is 10.4 Å². The molecule has 0 unspecified atom stereocenters. The molecule has 0 aromatic carbocycles. The molecule has 0 radical (unpaired) electrons. The minimum absolute atomic E-state index is 0.00944. The van der Waals surface area contributed by atoms with Crippen LogP contribution >= 0.6 is 11.5 Å². The van der Waals surface area contributed by atoms with E-state index in [1.165, 1.54) is 6.92 Å². The maximum absolute atomic E-state index is 10.6. The minimum atomic E-state index is -0.341. The van der Waals surface area contributed by atoms with Crippen LogP contribution in [0.25, 0.3) is 0 Å². The molecule has 0 fully saturated rings. The van der Waals surface area contributed by atoms with Crippen molar-refractivity contribution in [1.82, 2.24) is 4.37 Å². The molecule has 0 aliphatic heterocycles. The van der Waals surface area contributed by atoms with Gasteiger partial charge in [0.25, 0.3) is 0 Å². The second-order valence-corrected chi connectivity index (χ2v) is 2.78. The van der Waals surface area contributed by atoms with E-state index in [1.807, 2.05) is 0 Å². The maximum atomic E-state index is 10.6. The van der Waals surface area contributed by atoms with Crippen LogP contribution in [0.3, 0.4) is 0 Å². The van der Waals surface area contributed by atoms with E-state index in [9.17, 15) is 4.79 Å². The molecular weight excluding hydrogens is 178 g/mol. The molecule has 1 aromatic heterocycles. The molecular formula is C6H5N3O2S. The number of hydrogen-bond acceptors (Lipinski definition) is 5. The summed E-state index contributed by atoms with van der Waals surface area (Å²) in [6.45, 7) is 1.32. The Morgan fingerprint density at radius 1 is 1.83 bits per heavy atom. The summed E-state index contributed by atoms with van der Waals surface area (Å²) in [5.74, 6) is -0.638. The molecule has 0 saturated heterocycles. The van der Waals surface area contributed by atoms with Gasteiger partial charge in [0, 0.05) is 6.92 Å². The van der Waals surface area contributed by atoms with Crippen molar-refractivity contribution in [3.05, 3.63) is 5.56 Å². The summed E-state index contributed by atoms with van der Waals surface area (Å²) in [6.07, 6.45) is 0. The molecule has 0 saturated carbocycles. The number of nitrogens with zero attached hydrogens (tertiary/aromatic N) is 2. The third-order valence-corrected chi connectivity index (χ3v) is 1.83. The van der Waals surface area contributed by atoms with Crippen LogP contribution in [-0.4, -0.2) is 15.4 Å². The van der Waals surface area contributed by atoms with Crippen molar-refractivity contribution in [3.8, 4) is 11.9 Å². The van der Waals surface area contributed by atoms with Crippen molar-refractivity contribution >= 4 is 22.4 Å². The fourth-order valence-electron chi connectivity index (χ4n) is 0.628. The van der Waals surface area contributed by atoms with Crippen molar-refractivity contribution in [1.29, 1.82) is 5.26 Å². The Morgan fingerprint density at radius 2 is 2.50 bits per heavy atom. The first-order valence-electron chi connectivity index (χ1n) is 3.01. The normalized spacial score (nSPS) is 9.00. The Morgan fingerprint density at radius 3 is 3.00 bits per heavy atom. The predicted octanol–water partition coefficient (Wildman–Crippen LogP) is 0.679. The molecule has 1 rings (SSSR count). The van der Waals surface area contributed by atoms with E-state index in [0.29, 0.717) is 0 Å². The van der Waals surface area contributed by atoms with Gasteiger partial charge in [-0.2, -0.15) is 9.64 Å². The van der Waals surface area contributed by atoms with Crippen LogP contribution in [0.4, 0.5) is 5.00 Å². The first-order valence-corrected chi connectivity index (χ1v) is 3.79. The summed E-state index contributed by atoms with van der Waals surface area (Å²) in [5.41, 5.74) is 0.00944. The number of aromatic hydroxyl groups is 1. The smallest absolute Gasteiger partial charge is 0.243 e. The Bertz CT molecular complexity index is 352. The maximum Gasteiger partial charge on any atom is 0.243 e. The number of nitriles is 1. The van der Waals surface area contributed by atoms with Gasteiger partial charge in [0.15, 0.2) is 5.56 Å². The predicted molar refractivity (Wildman–Crippen MR) is 42.8 cm³/mol. The monoisotopic (exact) mass is 183 g/mol. The number of amides is 1. The lowest BCUT2D eigenvalue weighted by Crippen LogP contribution is -2.04. The van der Waals surface area contributed by atoms with Crippen LogP contribution in [0, 0.1) is 11.3 Å². The first-order chi connectivity index (χ1) is 5.65. The van der Waals surface area contributed by atoms with Gasteiger partial charge in [-0.3, -0.25) is 4.79 Å². The molecule has 0 spiro atoms. The topological polar surface area (TPSA) is 86.0 Å². The molecule has 2 N–H and O–H groups in total. The first kappa shape index (κ1) is 8.49. The van der Waals surface area contributed by atoms with E-state index in [1.54, 1.807) is 6.07 Å². The van der Waals surface area contributed by atoms with Crippen LogP contribution in [0.5, 0.6) is 5.88 Å². The Balaban J connectivity index is 3.01. The van der Waals surface area contributed by atoms with Crippen molar-refractivity contribution in [2.45, 2.75) is 6.92 Å². The Labute approximate surface area is 72.4 Å². The van der Waals surface area contributed by atoms with Gasteiger partial charge in [-0.05, 0) is 11.5 Å². The highest BCUT2D eigenvalue weighted by molar-refractivity contribution is 7.10. The van der Waals surface area contributed by atoms with Gasteiger partial charge in [0.05, 0.1) is 0 Å². The number of anilines is 1. The lowest BCUT2D eigenvalue weighted by molar-refractivity contribution is -0.114. The zero-order valence-electron chi connectivity index (χ0n) is 6.16. The van der Waals surface area contributed by atoms with E-state index in [0.717, 1.165) is 11.5 Å². The molecule has 5 nitrogen and oxygen atoms in total. The second kappa shape index (κ2) is 3.19. The molecule has 12 heavy (non-hydrogen) atoms. The molecule has 1 heterocycles. The van der Waals surface area contributed by atoms with E-state index < -0.39 is 0 Å². The molecule has 0 bridgehead atoms. The Hall–Kier alpha value is -1.61. The summed E-state index contributed by atoms with van der Waals surface area (Å²) in [4.78, 5) is 10.6. The van der Waals surface area contributed by atoms with Crippen LogP contribution in [0.15, 0.2) is 0 Å². The number of carbonyl (C=O) groups excluding carboxylic acids is 1. The number of carbonyl (C=O) groups is 1. The lowest BCUT2D eigenvalue weighted by atomic mass is 10.3. The summed E-state index contributed by atoms with van der Waals surface area (Å²) >= 11 is 0.875. The molecule has 0 atom stereocenters. The molecule has 6 heteroatoms. The zero-order chi connectivity index (χ0) is 9.14. The van der Waals surface area contributed by atoms with E-state index in [2.05, 4.69) is 9.69 Å². The van der Waals surface area contributed by atoms with Gasteiger partial charge in [0.2, 0.25) is 11.8 Å². The van der Waals surface area contributed by atoms with Crippen LogP contribution in [-0.2, 0) is 4.79 Å². The van der Waals surface area contributed by atoms with Crippen LogP contribution in [0.2, 0.25) is 0 Å². The average Bonchev–Trinajstić information content (AvgIpc) is 2.30. The number of hydrogen-bond donors (Lipinski definition) is 2. The van der Waals surface area contributed by atoms with Gasteiger partial charge in [0.1, 0.15) is 11.1 Å². The number of nitrogens with one attached hydrogen (secondary N) is 1. The van der Waals surface area contributed by atoms with Crippen LogP contribution in [0.1, 0.15) is 12.5 Å². The largest absolute Gasteiger partial charge is 0.492 e. The number of rotatable bonds is 1. The van der Waals surface area contributed by atoms with Gasteiger partial charge >= 0.3 is 0 Å². The summed E-state index contributed by atoms with van der Waals surface area (Å²) in [6, 6.07) is 1.73. The lowest BCUT2D eigenvalue weighted by Gasteiger charge is -1.94. The van der Waals surface area contributed by atoms with Gasteiger partial charge in [-0.15, -0.1) is 0 Å². The highest BCUT2D eigenvalue weighted by Crippen LogP contribution is 2.28. The minimum Gasteiger partial charge on any atom is -0.492 e. The van der Waals surface area contributed by atoms with E-state index >= 15 is 0 Å². The van der Waals surface area contributed by atoms with E-state index in [-0.39, 0.29) is 22.4 Å². The van der Waals surface area contributed by atoms with Crippen molar-refractivity contribution < 1.29 is 9.90 Å². The summed E-state index contributed by atoms with van der Waals surface area (Å²) in [5, 5.41) is 20.1. The summed E-state index contributed by atoms with van der Waals surface area (Å²) < 4.78 is 3.50. The third kappa shape index (κ3) is 1.52. The SMILES string of the molecule is CC(=O)Nc1snc(O)c1C#N. The highest BCUT2D eigenvalue weighted by atomic mass is 32.1. The fraction of sp³-hybridized carbons (Fsp3) is 0.167. The molecule has 62 valence electrons. The molecule has 1 amide bonds. The average molecular weight is 183 g/mol. The second-order valence-electron chi connectivity index (χ2n) is 2.00. The molecule has 1 aromatic rings. The zero-order valence-corrected chi connectivity index (χ0v) is 6.97. The Kier molecular flexibility index (Phi) is 2.26. The van der Waals surface area contributed by atoms with Gasteiger partial charge in [-0.25, -0.2) is 0 Å². The quantitative estimate of drug-likeness (QED) is 0.670. The molecule has 0 aliphatic carbocycles. The van der Waals surface area contributed by atoms with Gasteiger partial charge in [-0.1, -0.05) is 0 Å². The van der Waals surface area contributed by atoms with Crippen molar-refractivity contribution in [3.63, 3.8) is 0 Å². The fourth-order valence-corrected chi connectivity index (χ4v) is 1.31. The highest BCUT2D eigenvalue weighted by Gasteiger charge is 2.12. The van der Waals surface area contributed by atoms with Gasteiger partial charge < -0.3 is 10.4 Å². The molecule has 0 aliphatic rings. The third-order valence-electron chi connectivity index (χ3n) is 1.08. The number of aromatic nitrogens is 1. The standard InChI is InChI=1S/C6H5N3O2S/c1-3(10)8-6-4(2-7)5(11)9-12-6/h1H3,(H,8,10)(H,9,11).